The Bertz CT molecular complexity index is 319. The molecule has 0 fully saturated rings. The van der Waals surface area contributed by atoms with Gasteiger partial charge in [-0.15, -0.1) is 0 Å². The topological polar surface area (TPSA) is 20.2 Å². The lowest BCUT2D eigenvalue weighted by atomic mass is 9.78. The first-order valence-electron chi connectivity index (χ1n) is 6.08. The minimum Gasteiger partial charge on any atom is -0.392 e. The van der Waals surface area contributed by atoms with Crippen LogP contribution in [0.5, 0.6) is 0 Å². The summed E-state index contributed by atoms with van der Waals surface area (Å²) in [7, 11) is 0. The maximum Gasteiger partial charge on any atom is 0.0612 e. The monoisotopic (exact) mass is 204 g/mol. The van der Waals surface area contributed by atoms with Gasteiger partial charge in [0, 0.05) is 5.92 Å². The van der Waals surface area contributed by atoms with E-state index in [9.17, 15) is 5.11 Å². The highest BCUT2D eigenvalue weighted by atomic mass is 16.3. The highest BCUT2D eigenvalue weighted by Gasteiger charge is 2.26. The normalized spacial score (nSPS) is 24.9. The van der Waals surface area contributed by atoms with Crippen molar-refractivity contribution in [2.75, 3.05) is 0 Å². The van der Waals surface area contributed by atoms with E-state index in [4.69, 9.17) is 0 Å². The number of rotatable bonds is 3. The van der Waals surface area contributed by atoms with E-state index >= 15 is 0 Å². The molecule has 2 atom stereocenters. The van der Waals surface area contributed by atoms with E-state index in [1.165, 1.54) is 24.0 Å². The van der Waals surface area contributed by atoms with Crippen molar-refractivity contribution in [2.45, 2.75) is 51.0 Å². The van der Waals surface area contributed by atoms with Crippen LogP contribution in [0.4, 0.5) is 0 Å². The molecule has 1 N–H and O–H groups in total. The number of unbranched alkanes of at least 4 members (excludes halogenated alkanes) is 1. The van der Waals surface area contributed by atoms with Crippen molar-refractivity contribution in [3.63, 3.8) is 0 Å². The summed E-state index contributed by atoms with van der Waals surface area (Å²) in [6.07, 6.45) is 5.42. The van der Waals surface area contributed by atoms with Crippen molar-refractivity contribution >= 4 is 0 Å². The maximum absolute atomic E-state index is 10.0. The molecule has 1 heteroatoms. The molecule has 82 valence electrons. The molecule has 0 heterocycles. The van der Waals surface area contributed by atoms with Gasteiger partial charge in [-0.2, -0.15) is 0 Å². The van der Waals surface area contributed by atoms with Crippen LogP contribution in [-0.4, -0.2) is 11.2 Å². The molecule has 0 aromatic heterocycles. The Hall–Kier alpha value is -0.820. The molecule has 1 aliphatic carbocycles. The molecule has 1 aromatic rings. The number of aryl methyl sites for hydroxylation is 1. The van der Waals surface area contributed by atoms with Gasteiger partial charge in [0.1, 0.15) is 0 Å². The van der Waals surface area contributed by atoms with Crippen LogP contribution in [0.1, 0.15) is 49.7 Å². The average Bonchev–Trinajstić information content (AvgIpc) is 2.28. The van der Waals surface area contributed by atoms with Crippen LogP contribution in [0.15, 0.2) is 24.3 Å². The van der Waals surface area contributed by atoms with E-state index in [0.29, 0.717) is 5.92 Å². The Kier molecular flexibility index (Phi) is 3.42. The third-order valence-electron chi connectivity index (χ3n) is 3.50. The summed E-state index contributed by atoms with van der Waals surface area (Å²) in [5.41, 5.74) is 2.84. The number of hydrogen-bond acceptors (Lipinski definition) is 1. The molecule has 0 aliphatic heterocycles. The zero-order chi connectivity index (χ0) is 10.7. The lowest BCUT2D eigenvalue weighted by molar-refractivity contribution is 0.120. The Morgan fingerprint density at radius 1 is 1.33 bits per heavy atom. The van der Waals surface area contributed by atoms with Gasteiger partial charge in [0.25, 0.3) is 0 Å². The van der Waals surface area contributed by atoms with Crippen LogP contribution in [0, 0.1) is 0 Å². The third kappa shape index (κ3) is 2.23. The highest BCUT2D eigenvalue weighted by Crippen LogP contribution is 2.35. The van der Waals surface area contributed by atoms with E-state index in [1.807, 2.05) is 0 Å². The van der Waals surface area contributed by atoms with E-state index in [1.54, 1.807) is 0 Å². The molecule has 1 nitrogen and oxygen atoms in total. The van der Waals surface area contributed by atoms with E-state index in [0.717, 1.165) is 19.3 Å². The third-order valence-corrected chi connectivity index (χ3v) is 3.50. The zero-order valence-electron chi connectivity index (χ0n) is 9.45. The Morgan fingerprint density at radius 3 is 2.93 bits per heavy atom. The second-order valence-electron chi connectivity index (χ2n) is 4.55. The first-order chi connectivity index (χ1) is 7.33. The minimum absolute atomic E-state index is 0.119. The fourth-order valence-electron chi connectivity index (χ4n) is 2.61. The number of aliphatic hydroxyl groups is 1. The van der Waals surface area contributed by atoms with Gasteiger partial charge in [-0.1, -0.05) is 44.0 Å². The molecule has 0 bridgehead atoms. The summed E-state index contributed by atoms with van der Waals surface area (Å²) >= 11 is 0. The standard InChI is InChI=1S/C14H20O/c1-2-3-7-13-12-8-5-4-6-11(12)9-10-14(13)15/h4-6,8,13-15H,2-3,7,9-10H2,1H3/t13-,14-/m0/s1. The van der Waals surface area contributed by atoms with Crippen LogP contribution in [0.25, 0.3) is 0 Å². The second-order valence-corrected chi connectivity index (χ2v) is 4.55. The lowest BCUT2D eigenvalue weighted by Gasteiger charge is -2.30. The number of aliphatic hydroxyl groups excluding tert-OH is 1. The number of fused-ring (bicyclic) bond motifs is 1. The van der Waals surface area contributed by atoms with Gasteiger partial charge in [0.2, 0.25) is 0 Å². The molecular formula is C14H20O. The molecule has 0 unspecified atom stereocenters. The molecule has 0 radical (unpaired) electrons. The van der Waals surface area contributed by atoms with Crippen LogP contribution in [0.2, 0.25) is 0 Å². The van der Waals surface area contributed by atoms with Gasteiger partial charge in [-0.25, -0.2) is 0 Å². The summed E-state index contributed by atoms with van der Waals surface area (Å²) in [5, 5.41) is 10.0. The Balaban J connectivity index is 2.21. The van der Waals surface area contributed by atoms with Gasteiger partial charge in [-0.3, -0.25) is 0 Å². The summed E-state index contributed by atoms with van der Waals surface area (Å²) in [4.78, 5) is 0. The van der Waals surface area contributed by atoms with E-state index in [2.05, 4.69) is 31.2 Å². The van der Waals surface area contributed by atoms with Gasteiger partial charge in [-0.05, 0) is 30.4 Å². The maximum atomic E-state index is 10.0. The fourth-order valence-corrected chi connectivity index (χ4v) is 2.61. The first kappa shape index (κ1) is 10.7. The summed E-state index contributed by atoms with van der Waals surface area (Å²) < 4.78 is 0. The Morgan fingerprint density at radius 2 is 2.13 bits per heavy atom. The molecule has 2 rings (SSSR count). The number of hydrogen-bond donors (Lipinski definition) is 1. The van der Waals surface area contributed by atoms with Crippen molar-refractivity contribution in [3.8, 4) is 0 Å². The molecule has 1 aromatic carbocycles. The quantitative estimate of drug-likeness (QED) is 0.801. The average molecular weight is 204 g/mol. The predicted octanol–water partition coefficient (Wildman–Crippen LogP) is 3.27. The molecule has 0 saturated heterocycles. The summed E-state index contributed by atoms with van der Waals surface area (Å²) in [6.45, 7) is 2.21. The van der Waals surface area contributed by atoms with Gasteiger partial charge in [0.15, 0.2) is 0 Å². The predicted molar refractivity (Wildman–Crippen MR) is 63.0 cm³/mol. The van der Waals surface area contributed by atoms with Crippen LogP contribution >= 0.6 is 0 Å². The summed E-state index contributed by atoms with van der Waals surface area (Å²) in [5.74, 6) is 0.384. The lowest BCUT2D eigenvalue weighted by Crippen LogP contribution is -2.25. The molecule has 0 amide bonds. The van der Waals surface area contributed by atoms with Crippen LogP contribution < -0.4 is 0 Å². The molecule has 1 aliphatic rings. The number of benzene rings is 1. The van der Waals surface area contributed by atoms with Crippen molar-refractivity contribution in [1.29, 1.82) is 0 Å². The molecule has 15 heavy (non-hydrogen) atoms. The van der Waals surface area contributed by atoms with Crippen molar-refractivity contribution < 1.29 is 5.11 Å². The zero-order valence-corrected chi connectivity index (χ0v) is 9.45. The van der Waals surface area contributed by atoms with Crippen molar-refractivity contribution in [3.05, 3.63) is 35.4 Å². The van der Waals surface area contributed by atoms with Crippen molar-refractivity contribution in [2.24, 2.45) is 0 Å². The highest BCUT2D eigenvalue weighted by molar-refractivity contribution is 5.33. The molecule has 0 saturated carbocycles. The van der Waals surface area contributed by atoms with Gasteiger partial charge in [0.05, 0.1) is 6.10 Å². The largest absolute Gasteiger partial charge is 0.392 e. The minimum atomic E-state index is -0.119. The molecular weight excluding hydrogens is 184 g/mol. The summed E-state index contributed by atoms with van der Waals surface area (Å²) in [6, 6.07) is 8.60. The van der Waals surface area contributed by atoms with E-state index in [-0.39, 0.29) is 6.10 Å². The van der Waals surface area contributed by atoms with Crippen molar-refractivity contribution in [1.82, 2.24) is 0 Å². The van der Waals surface area contributed by atoms with Gasteiger partial charge >= 0.3 is 0 Å². The molecule has 0 spiro atoms. The van der Waals surface area contributed by atoms with Gasteiger partial charge < -0.3 is 5.11 Å². The van der Waals surface area contributed by atoms with E-state index < -0.39 is 0 Å². The van der Waals surface area contributed by atoms with Crippen LogP contribution in [0.3, 0.4) is 0 Å². The first-order valence-corrected chi connectivity index (χ1v) is 6.08. The second kappa shape index (κ2) is 4.80. The van der Waals surface area contributed by atoms with Crippen LogP contribution in [-0.2, 0) is 6.42 Å². The SMILES string of the molecule is CCCC[C@H]1c2ccccc2CC[C@@H]1O. The smallest absolute Gasteiger partial charge is 0.0612 e. The Labute approximate surface area is 92.1 Å². The fraction of sp³-hybridized carbons (Fsp3) is 0.571.